The van der Waals surface area contributed by atoms with Gasteiger partial charge in [-0.15, -0.1) is 0 Å². The molecule has 3 N–H and O–H groups in total. The summed E-state index contributed by atoms with van der Waals surface area (Å²) in [5.41, 5.74) is 3.52. The van der Waals surface area contributed by atoms with Crippen molar-refractivity contribution in [2.75, 3.05) is 0 Å². The second-order valence-electron chi connectivity index (χ2n) is 6.43. The highest BCUT2D eigenvalue weighted by Gasteiger charge is 2.29. The van der Waals surface area contributed by atoms with Crippen LogP contribution in [0, 0.1) is 29.4 Å². The van der Waals surface area contributed by atoms with E-state index >= 15 is 0 Å². The van der Waals surface area contributed by atoms with Crippen molar-refractivity contribution < 1.29 is 8.78 Å². The van der Waals surface area contributed by atoms with Crippen molar-refractivity contribution in [3.63, 3.8) is 0 Å². The standard InChI is InChI=1S/C16H24F2N2/c1-10-3-11(2)5-13(4-10)16(20-19)8-12-6-14(17)9-15(18)7-12/h6-7,9-11,13,16,20H,3-5,8,19H2,1-2H3. The lowest BCUT2D eigenvalue weighted by Gasteiger charge is -2.36. The van der Waals surface area contributed by atoms with Crippen LogP contribution in [-0.4, -0.2) is 6.04 Å². The molecule has 2 nitrogen and oxygen atoms in total. The third kappa shape index (κ3) is 4.00. The minimum absolute atomic E-state index is 0.0707. The van der Waals surface area contributed by atoms with Crippen LogP contribution >= 0.6 is 0 Å². The minimum atomic E-state index is -0.527. The average molecular weight is 282 g/mol. The highest BCUT2D eigenvalue weighted by Crippen LogP contribution is 2.35. The second kappa shape index (κ2) is 6.64. The second-order valence-corrected chi connectivity index (χ2v) is 6.43. The Morgan fingerprint density at radius 1 is 1.10 bits per heavy atom. The van der Waals surface area contributed by atoms with E-state index in [1.807, 2.05) is 0 Å². The van der Waals surface area contributed by atoms with E-state index in [1.54, 1.807) is 0 Å². The van der Waals surface area contributed by atoms with Crippen LogP contribution in [0.1, 0.15) is 38.7 Å². The fourth-order valence-corrected chi connectivity index (χ4v) is 3.68. The molecule has 1 saturated carbocycles. The molecule has 0 amide bonds. The van der Waals surface area contributed by atoms with Crippen molar-refractivity contribution in [3.05, 3.63) is 35.4 Å². The van der Waals surface area contributed by atoms with Gasteiger partial charge in [-0.25, -0.2) is 8.78 Å². The van der Waals surface area contributed by atoms with Crippen LogP contribution in [0.25, 0.3) is 0 Å². The zero-order valence-corrected chi connectivity index (χ0v) is 12.2. The van der Waals surface area contributed by atoms with Gasteiger partial charge in [0.05, 0.1) is 0 Å². The van der Waals surface area contributed by atoms with Gasteiger partial charge in [0.25, 0.3) is 0 Å². The Labute approximate surface area is 119 Å². The van der Waals surface area contributed by atoms with E-state index in [4.69, 9.17) is 5.84 Å². The molecule has 3 unspecified atom stereocenters. The molecule has 1 aromatic carbocycles. The summed E-state index contributed by atoms with van der Waals surface area (Å²) in [5.74, 6) is 6.46. The van der Waals surface area contributed by atoms with Crippen LogP contribution in [0.3, 0.4) is 0 Å². The monoisotopic (exact) mass is 282 g/mol. The highest BCUT2D eigenvalue weighted by atomic mass is 19.1. The van der Waals surface area contributed by atoms with E-state index < -0.39 is 11.6 Å². The fraction of sp³-hybridized carbons (Fsp3) is 0.625. The third-order valence-electron chi connectivity index (χ3n) is 4.38. The summed E-state index contributed by atoms with van der Waals surface area (Å²) < 4.78 is 26.5. The summed E-state index contributed by atoms with van der Waals surface area (Å²) >= 11 is 0. The molecule has 2 rings (SSSR count). The van der Waals surface area contributed by atoms with Gasteiger partial charge in [-0.2, -0.15) is 0 Å². The molecule has 0 saturated heterocycles. The van der Waals surface area contributed by atoms with Crippen molar-refractivity contribution in [1.29, 1.82) is 0 Å². The molecule has 1 fully saturated rings. The van der Waals surface area contributed by atoms with Crippen molar-refractivity contribution in [1.82, 2.24) is 5.43 Å². The maximum Gasteiger partial charge on any atom is 0.126 e. The molecule has 20 heavy (non-hydrogen) atoms. The molecule has 112 valence electrons. The van der Waals surface area contributed by atoms with Gasteiger partial charge < -0.3 is 0 Å². The molecule has 4 heteroatoms. The van der Waals surface area contributed by atoms with E-state index in [-0.39, 0.29) is 6.04 Å². The van der Waals surface area contributed by atoms with Crippen molar-refractivity contribution >= 4 is 0 Å². The molecule has 0 radical (unpaired) electrons. The number of halogens is 2. The van der Waals surface area contributed by atoms with Crippen molar-refractivity contribution in [3.8, 4) is 0 Å². The summed E-state index contributed by atoms with van der Waals surface area (Å²) in [6.45, 7) is 4.52. The molecule has 1 aliphatic rings. The van der Waals surface area contributed by atoms with Gasteiger partial charge in [-0.1, -0.05) is 13.8 Å². The topological polar surface area (TPSA) is 38.0 Å². The largest absolute Gasteiger partial charge is 0.271 e. The first-order valence-corrected chi connectivity index (χ1v) is 7.39. The average Bonchev–Trinajstić information content (AvgIpc) is 2.33. The molecule has 0 aromatic heterocycles. The number of benzene rings is 1. The predicted molar refractivity (Wildman–Crippen MR) is 76.8 cm³/mol. The first kappa shape index (κ1) is 15.4. The molecule has 0 bridgehead atoms. The quantitative estimate of drug-likeness (QED) is 0.656. The molecule has 1 aliphatic carbocycles. The van der Waals surface area contributed by atoms with Gasteiger partial charge in [0.15, 0.2) is 0 Å². The van der Waals surface area contributed by atoms with Crippen LogP contribution in [0.15, 0.2) is 18.2 Å². The van der Waals surface area contributed by atoms with E-state index in [0.717, 1.165) is 18.9 Å². The number of rotatable bonds is 4. The lowest BCUT2D eigenvalue weighted by Crippen LogP contribution is -2.44. The zero-order chi connectivity index (χ0) is 14.7. The highest BCUT2D eigenvalue weighted by molar-refractivity contribution is 5.19. The molecular weight excluding hydrogens is 258 g/mol. The Hall–Kier alpha value is -1.00. The maximum absolute atomic E-state index is 13.3. The molecular formula is C16H24F2N2. The first-order valence-electron chi connectivity index (χ1n) is 7.39. The summed E-state index contributed by atoms with van der Waals surface area (Å²) in [6, 6.07) is 3.76. The van der Waals surface area contributed by atoms with E-state index in [2.05, 4.69) is 19.3 Å². The fourth-order valence-electron chi connectivity index (χ4n) is 3.68. The van der Waals surface area contributed by atoms with Crippen molar-refractivity contribution in [2.45, 2.75) is 45.6 Å². The summed E-state index contributed by atoms with van der Waals surface area (Å²) in [7, 11) is 0. The normalized spacial score (nSPS) is 28.4. The number of nitrogens with one attached hydrogen (secondary N) is 1. The van der Waals surface area contributed by atoms with Gasteiger partial charge in [-0.05, 0) is 61.1 Å². The number of hydrogen-bond acceptors (Lipinski definition) is 2. The number of hydrazine groups is 1. The van der Waals surface area contributed by atoms with E-state index in [1.165, 1.54) is 18.6 Å². The van der Waals surface area contributed by atoms with E-state index in [9.17, 15) is 8.78 Å². The van der Waals surface area contributed by atoms with Crippen LogP contribution in [0.4, 0.5) is 8.78 Å². The Kier molecular flexibility index (Phi) is 5.11. The lowest BCUT2D eigenvalue weighted by molar-refractivity contribution is 0.175. The summed E-state index contributed by atoms with van der Waals surface area (Å²) in [4.78, 5) is 0. The van der Waals surface area contributed by atoms with Gasteiger partial charge in [-0.3, -0.25) is 11.3 Å². The van der Waals surface area contributed by atoms with Crippen LogP contribution in [0.5, 0.6) is 0 Å². The Morgan fingerprint density at radius 2 is 1.65 bits per heavy atom. The maximum atomic E-state index is 13.3. The minimum Gasteiger partial charge on any atom is -0.271 e. The number of nitrogens with two attached hydrogens (primary N) is 1. The van der Waals surface area contributed by atoms with E-state index in [0.29, 0.717) is 29.7 Å². The summed E-state index contributed by atoms with van der Waals surface area (Å²) in [6.07, 6.45) is 4.06. The zero-order valence-electron chi connectivity index (χ0n) is 12.2. The number of hydrogen-bond donors (Lipinski definition) is 2. The Balaban J connectivity index is 2.08. The van der Waals surface area contributed by atoms with Crippen LogP contribution < -0.4 is 11.3 Å². The van der Waals surface area contributed by atoms with Gasteiger partial charge in [0.1, 0.15) is 11.6 Å². The molecule has 0 spiro atoms. The molecule has 1 aromatic rings. The Morgan fingerprint density at radius 3 is 2.15 bits per heavy atom. The van der Waals surface area contributed by atoms with Gasteiger partial charge in [0.2, 0.25) is 0 Å². The Bertz CT molecular complexity index is 420. The first-order chi connectivity index (χ1) is 9.47. The predicted octanol–water partition coefficient (Wildman–Crippen LogP) is 3.41. The van der Waals surface area contributed by atoms with Crippen molar-refractivity contribution in [2.24, 2.45) is 23.6 Å². The van der Waals surface area contributed by atoms with Crippen LogP contribution in [0.2, 0.25) is 0 Å². The van der Waals surface area contributed by atoms with Gasteiger partial charge >= 0.3 is 0 Å². The van der Waals surface area contributed by atoms with Crippen LogP contribution in [-0.2, 0) is 6.42 Å². The lowest BCUT2D eigenvalue weighted by atomic mass is 9.73. The SMILES string of the molecule is CC1CC(C)CC(C(Cc2cc(F)cc(F)c2)NN)C1. The molecule has 0 aliphatic heterocycles. The van der Waals surface area contributed by atoms with Gasteiger partial charge in [0, 0.05) is 12.1 Å². The smallest absolute Gasteiger partial charge is 0.126 e. The molecule has 0 heterocycles. The third-order valence-corrected chi connectivity index (χ3v) is 4.38. The summed E-state index contributed by atoms with van der Waals surface area (Å²) in [5, 5.41) is 0. The molecule has 3 atom stereocenters.